The molecule has 0 aliphatic heterocycles. The van der Waals surface area contributed by atoms with Crippen molar-refractivity contribution in [1.82, 2.24) is 9.38 Å². The first-order chi connectivity index (χ1) is 13.9. The average molecular weight is 409 g/mol. The van der Waals surface area contributed by atoms with Crippen molar-refractivity contribution < 1.29 is 17.6 Å². The fourth-order valence-electron chi connectivity index (χ4n) is 3.15. The molecule has 4 rings (SSSR count). The lowest BCUT2D eigenvalue weighted by molar-refractivity contribution is -0.106. The maximum atomic E-state index is 13.2. The van der Waals surface area contributed by atoms with Crippen molar-refractivity contribution >= 4 is 27.8 Å². The van der Waals surface area contributed by atoms with Crippen molar-refractivity contribution in [2.75, 3.05) is 10.6 Å². The van der Waals surface area contributed by atoms with Gasteiger partial charge >= 0.3 is 0 Å². The van der Waals surface area contributed by atoms with Gasteiger partial charge in [-0.1, -0.05) is 24.3 Å². The highest BCUT2D eigenvalue weighted by molar-refractivity contribution is 7.92. The Kier molecular flexibility index (Phi) is 4.63. The fourth-order valence-corrected chi connectivity index (χ4v) is 3.80. The zero-order valence-electron chi connectivity index (χ0n) is 15.4. The average Bonchev–Trinajstić information content (AvgIpc) is 3.11. The van der Waals surface area contributed by atoms with Crippen molar-refractivity contribution in [3.05, 3.63) is 78.9 Å². The van der Waals surface area contributed by atoms with Crippen LogP contribution in [0, 0.1) is 5.82 Å². The second-order valence-corrected chi connectivity index (χ2v) is 8.37. The Morgan fingerprint density at radius 3 is 2.45 bits per heavy atom. The van der Waals surface area contributed by atoms with Crippen LogP contribution in [0.3, 0.4) is 0 Å². The highest BCUT2D eigenvalue weighted by Crippen LogP contribution is 2.28. The molecule has 8 heteroatoms. The quantitative estimate of drug-likeness (QED) is 0.471. The number of hydrogen-bond acceptors (Lipinski definition) is 4. The molecule has 0 N–H and O–H groups in total. The molecule has 29 heavy (non-hydrogen) atoms. The molecule has 0 bridgehead atoms. The number of carbonyl (C=O) groups is 1. The van der Waals surface area contributed by atoms with E-state index in [1.54, 1.807) is 36.5 Å². The molecule has 1 amide bonds. The minimum Gasteiger partial charge on any atom is -0.300 e. The Hall–Kier alpha value is -3.52. The highest BCUT2D eigenvalue weighted by Gasteiger charge is 2.17. The Morgan fingerprint density at radius 2 is 1.76 bits per heavy atom. The molecule has 0 unspecified atom stereocenters. The summed E-state index contributed by atoms with van der Waals surface area (Å²) in [6, 6.07) is 16.6. The van der Waals surface area contributed by atoms with E-state index in [1.807, 2.05) is 28.8 Å². The lowest BCUT2D eigenvalue weighted by atomic mass is 10.1. The zero-order valence-corrected chi connectivity index (χ0v) is 16.2. The van der Waals surface area contributed by atoms with Crippen LogP contribution in [0.4, 0.5) is 10.1 Å². The maximum Gasteiger partial charge on any atom is 0.238 e. The number of rotatable bonds is 5. The normalized spacial score (nSPS) is 11.5. The smallest absolute Gasteiger partial charge is 0.238 e. The summed E-state index contributed by atoms with van der Waals surface area (Å²) in [5.74, 6) is -0.295. The Balaban J connectivity index is 1.76. The van der Waals surface area contributed by atoms with E-state index in [9.17, 15) is 17.6 Å². The summed E-state index contributed by atoms with van der Waals surface area (Å²) < 4.78 is 39.3. The number of aromatic nitrogens is 2. The third-order valence-corrected chi connectivity index (χ3v) is 5.55. The number of nitrogens with zero attached hydrogens (tertiary/aromatic N) is 3. The maximum absolute atomic E-state index is 13.2. The van der Waals surface area contributed by atoms with Gasteiger partial charge in [-0.15, -0.1) is 0 Å². The van der Waals surface area contributed by atoms with Crippen molar-refractivity contribution in [2.45, 2.75) is 0 Å². The Morgan fingerprint density at radius 1 is 1.00 bits per heavy atom. The molecule has 0 fully saturated rings. The summed E-state index contributed by atoms with van der Waals surface area (Å²) >= 11 is 0. The molecule has 0 saturated heterocycles. The van der Waals surface area contributed by atoms with Crippen LogP contribution in [0.5, 0.6) is 0 Å². The second kappa shape index (κ2) is 7.14. The van der Waals surface area contributed by atoms with Gasteiger partial charge in [0, 0.05) is 11.8 Å². The molecular formula is C21H16FN3O3S. The van der Waals surface area contributed by atoms with Gasteiger partial charge in [0.1, 0.15) is 11.5 Å². The molecule has 6 nitrogen and oxygen atoms in total. The van der Waals surface area contributed by atoms with Gasteiger partial charge < -0.3 is 0 Å². The van der Waals surface area contributed by atoms with E-state index in [1.165, 1.54) is 12.1 Å². The van der Waals surface area contributed by atoms with Gasteiger partial charge in [0.15, 0.2) is 0 Å². The van der Waals surface area contributed by atoms with E-state index in [0.717, 1.165) is 23.1 Å². The Labute approximate surface area is 166 Å². The minimum atomic E-state index is -3.72. The van der Waals surface area contributed by atoms with Crippen LogP contribution in [-0.4, -0.2) is 30.5 Å². The first kappa shape index (κ1) is 18.8. The number of pyridine rings is 1. The molecule has 0 atom stereocenters. The standard InChI is InChI=1S/C21H16FN3O3S/c1-29(27,28)25(14-26)19-4-2-3-17(11-19)20-13-23-21-12-16(9-10-24(20)21)15-5-7-18(22)8-6-15/h2-14H,1H3. The number of sulfonamides is 1. The molecule has 0 radical (unpaired) electrons. The van der Waals surface area contributed by atoms with Gasteiger partial charge in [-0.25, -0.2) is 22.1 Å². The molecule has 2 aromatic carbocycles. The Bertz CT molecular complexity index is 1310. The minimum absolute atomic E-state index is 0.248. The molecule has 4 aromatic rings. The van der Waals surface area contributed by atoms with E-state index in [4.69, 9.17) is 0 Å². The fraction of sp³-hybridized carbons (Fsp3) is 0.0476. The van der Waals surface area contributed by atoms with E-state index in [0.29, 0.717) is 15.5 Å². The van der Waals surface area contributed by atoms with Gasteiger partial charge in [0.05, 0.1) is 23.8 Å². The van der Waals surface area contributed by atoms with Gasteiger partial charge in [-0.2, -0.15) is 0 Å². The van der Waals surface area contributed by atoms with Crippen LogP contribution in [0.1, 0.15) is 0 Å². The van der Waals surface area contributed by atoms with Crippen molar-refractivity contribution in [2.24, 2.45) is 0 Å². The van der Waals surface area contributed by atoms with Gasteiger partial charge in [0.2, 0.25) is 16.4 Å². The van der Waals surface area contributed by atoms with Crippen LogP contribution in [-0.2, 0) is 14.8 Å². The highest BCUT2D eigenvalue weighted by atomic mass is 32.2. The monoisotopic (exact) mass is 409 g/mol. The lowest BCUT2D eigenvalue weighted by Gasteiger charge is -2.15. The zero-order chi connectivity index (χ0) is 20.6. The number of amides is 1. The van der Waals surface area contributed by atoms with Crippen LogP contribution in [0.15, 0.2) is 73.1 Å². The van der Waals surface area contributed by atoms with Crippen molar-refractivity contribution in [3.63, 3.8) is 0 Å². The predicted molar refractivity (Wildman–Crippen MR) is 109 cm³/mol. The summed E-state index contributed by atoms with van der Waals surface area (Å²) in [6.07, 6.45) is 4.77. The number of benzene rings is 2. The van der Waals surface area contributed by atoms with Crippen molar-refractivity contribution in [3.8, 4) is 22.4 Å². The summed E-state index contributed by atoms with van der Waals surface area (Å²) in [4.78, 5) is 15.7. The second-order valence-electron chi connectivity index (χ2n) is 6.51. The molecule has 0 spiro atoms. The summed E-state index contributed by atoms with van der Waals surface area (Å²) in [5, 5.41) is 0. The third-order valence-electron chi connectivity index (χ3n) is 4.54. The number of imidazole rings is 1. The summed E-state index contributed by atoms with van der Waals surface area (Å²) in [7, 11) is -3.72. The first-order valence-corrected chi connectivity index (χ1v) is 10.5. The molecule has 2 heterocycles. The van der Waals surface area contributed by atoms with Crippen LogP contribution in [0.25, 0.3) is 28.0 Å². The molecule has 2 aromatic heterocycles. The summed E-state index contributed by atoms with van der Waals surface area (Å²) in [5.41, 5.74) is 4.15. The van der Waals surface area contributed by atoms with Gasteiger partial charge in [-0.05, 0) is 47.5 Å². The van der Waals surface area contributed by atoms with E-state index in [-0.39, 0.29) is 17.9 Å². The number of fused-ring (bicyclic) bond motifs is 1. The van der Waals surface area contributed by atoms with Gasteiger partial charge in [0.25, 0.3) is 0 Å². The molecule has 146 valence electrons. The third kappa shape index (κ3) is 3.62. The number of hydrogen-bond donors (Lipinski definition) is 0. The SMILES string of the molecule is CS(=O)(=O)N(C=O)c1cccc(-c2cnc3cc(-c4ccc(F)cc4)ccn23)c1. The number of halogens is 1. The van der Waals surface area contributed by atoms with Gasteiger partial charge in [-0.3, -0.25) is 9.20 Å². The molecule has 0 saturated carbocycles. The molecule has 0 aliphatic rings. The van der Waals surface area contributed by atoms with Crippen LogP contribution in [0.2, 0.25) is 0 Å². The van der Waals surface area contributed by atoms with Crippen LogP contribution < -0.4 is 4.31 Å². The van der Waals surface area contributed by atoms with E-state index in [2.05, 4.69) is 4.98 Å². The van der Waals surface area contributed by atoms with E-state index < -0.39 is 10.0 Å². The lowest BCUT2D eigenvalue weighted by Crippen LogP contribution is -2.28. The number of anilines is 1. The molecular weight excluding hydrogens is 393 g/mol. The largest absolute Gasteiger partial charge is 0.300 e. The molecule has 0 aliphatic carbocycles. The number of carbonyl (C=O) groups excluding carboxylic acids is 1. The topological polar surface area (TPSA) is 71.8 Å². The van der Waals surface area contributed by atoms with Crippen LogP contribution >= 0.6 is 0 Å². The first-order valence-electron chi connectivity index (χ1n) is 8.65. The van der Waals surface area contributed by atoms with Crippen molar-refractivity contribution in [1.29, 1.82) is 0 Å². The summed E-state index contributed by atoms with van der Waals surface area (Å²) in [6.45, 7) is 0. The predicted octanol–water partition coefficient (Wildman–Crippen LogP) is 3.73. The van der Waals surface area contributed by atoms with E-state index >= 15 is 0 Å².